The van der Waals surface area contributed by atoms with Gasteiger partial charge in [-0.05, 0) is 19.1 Å². The largest absolute Gasteiger partial charge is 1.00 e. The second kappa shape index (κ2) is 4.56. The van der Waals surface area contributed by atoms with Crippen LogP contribution in [0.3, 0.4) is 0 Å². The van der Waals surface area contributed by atoms with Crippen molar-refractivity contribution in [1.29, 1.82) is 0 Å². The summed E-state index contributed by atoms with van der Waals surface area (Å²) in [5.41, 5.74) is 0. The summed E-state index contributed by atoms with van der Waals surface area (Å²) in [6.07, 6.45) is 0. The van der Waals surface area contributed by atoms with Gasteiger partial charge < -0.3 is 6.16 Å². The zero-order chi connectivity index (χ0) is 6.69. The van der Waals surface area contributed by atoms with Crippen molar-refractivity contribution in [3.63, 3.8) is 0 Å². The maximum Gasteiger partial charge on any atom is 1.00 e. The van der Waals surface area contributed by atoms with Gasteiger partial charge in [-0.15, -0.1) is 11.3 Å². The van der Waals surface area contributed by atoms with Crippen LogP contribution in [0, 0.1) is 6.92 Å². The molecule has 0 radical (unpaired) electrons. The van der Waals surface area contributed by atoms with E-state index in [-0.39, 0.29) is 20.3 Å². The molecule has 0 spiro atoms. The van der Waals surface area contributed by atoms with E-state index in [9.17, 15) is 4.79 Å². The van der Waals surface area contributed by atoms with Gasteiger partial charge in [-0.2, -0.15) is 0 Å². The number of hydrogen-bond acceptors (Lipinski definition) is 3. The van der Waals surface area contributed by atoms with Crippen molar-refractivity contribution in [3.8, 4) is 5.06 Å². The minimum atomic E-state index is 0. The summed E-state index contributed by atoms with van der Waals surface area (Å²) < 4.78 is 4.56. The topological polar surface area (TPSA) is 26.3 Å². The molecule has 0 atom stereocenters. The summed E-state index contributed by atoms with van der Waals surface area (Å²) >= 11 is 1.46. The van der Waals surface area contributed by atoms with Crippen LogP contribution in [0.4, 0.5) is 0 Å². The molecule has 1 rings (SSSR count). The molecule has 1 heterocycles. The molecule has 0 aliphatic carbocycles. The first-order chi connectivity index (χ1) is 4.33. The summed E-state index contributed by atoms with van der Waals surface area (Å²) in [5, 5.41) is 0.655. The molecule has 0 aliphatic heterocycles. The number of hydrogen-bond donors (Lipinski definition) is 0. The van der Waals surface area contributed by atoms with Crippen LogP contribution in [0.25, 0.3) is 0 Å². The zero-order valence-electron chi connectivity index (χ0n) is 6.96. The molecule has 0 aliphatic rings. The van der Waals surface area contributed by atoms with Gasteiger partial charge in [0, 0.05) is 4.88 Å². The predicted molar refractivity (Wildman–Crippen MR) is 36.9 cm³/mol. The Hall–Kier alpha value is -0.233. The molecule has 10 heavy (non-hydrogen) atoms. The molecule has 2 nitrogen and oxygen atoms in total. The fourth-order valence-corrected chi connectivity index (χ4v) is 1.20. The monoisotopic (exact) mass is 150 g/mol. The van der Waals surface area contributed by atoms with Crippen LogP contribution in [0.5, 0.6) is 5.06 Å². The Morgan fingerprint density at radius 3 is 2.80 bits per heavy atom. The fourth-order valence-electron chi connectivity index (χ4n) is 0.523. The van der Waals surface area contributed by atoms with Gasteiger partial charge in [0.15, 0.2) is 5.06 Å². The maximum absolute atomic E-state index is 9.77. The third kappa shape index (κ3) is 2.57. The molecule has 0 bridgehead atoms. The van der Waals surface area contributed by atoms with Crippen LogP contribution < -0.4 is 23.6 Å². The minimum absolute atomic E-state index is 0. The van der Waals surface area contributed by atoms with E-state index in [0.29, 0.717) is 11.5 Å². The van der Waals surface area contributed by atoms with E-state index in [2.05, 4.69) is 4.74 Å². The van der Waals surface area contributed by atoms with E-state index < -0.39 is 0 Å². The van der Waals surface area contributed by atoms with E-state index in [1.165, 1.54) is 11.3 Å². The van der Waals surface area contributed by atoms with E-state index in [4.69, 9.17) is 0 Å². The van der Waals surface area contributed by atoms with Crippen LogP contribution in [0.15, 0.2) is 12.1 Å². The first-order valence-electron chi connectivity index (χ1n) is 2.49. The molecule has 1 aromatic rings. The maximum atomic E-state index is 9.77. The van der Waals surface area contributed by atoms with Crippen molar-refractivity contribution >= 4 is 17.8 Å². The molecule has 0 fully saturated rings. The number of ether oxygens (including phenoxy) is 1. The third-order valence-electron chi connectivity index (χ3n) is 0.880. The van der Waals surface area contributed by atoms with Gasteiger partial charge in [0.05, 0.1) is 0 Å². The van der Waals surface area contributed by atoms with Crippen molar-refractivity contribution in [2.75, 3.05) is 0 Å². The molecule has 0 unspecified atom stereocenters. The summed E-state index contributed by atoms with van der Waals surface area (Å²) in [5.74, 6) is 0. The molecular formula is C6H7LiO2S. The quantitative estimate of drug-likeness (QED) is 0.387. The Morgan fingerprint density at radius 1 is 1.70 bits per heavy atom. The standard InChI is InChI=1S/C6H6O2S.Li.H/c1-5-2-3-6(9-5)8-4-7;;/h2-4H,1H3;;/q;+1;-1. The van der Waals surface area contributed by atoms with Gasteiger partial charge >= 0.3 is 18.9 Å². The zero-order valence-corrected chi connectivity index (χ0v) is 6.77. The Labute approximate surface area is 76.9 Å². The van der Waals surface area contributed by atoms with Gasteiger partial charge in [-0.3, -0.25) is 4.79 Å². The molecule has 0 aromatic carbocycles. The number of carbonyl (C=O) groups is 1. The molecule has 50 valence electrons. The van der Waals surface area contributed by atoms with Crippen molar-refractivity contribution in [2.24, 2.45) is 0 Å². The predicted octanol–water partition coefficient (Wildman–Crippen LogP) is -1.29. The summed E-state index contributed by atoms with van der Waals surface area (Å²) in [4.78, 5) is 10.9. The van der Waals surface area contributed by atoms with Crippen LogP contribution in [-0.2, 0) is 4.79 Å². The minimum Gasteiger partial charge on any atom is -1.00 e. The fraction of sp³-hybridized carbons (Fsp3) is 0.167. The first kappa shape index (κ1) is 9.77. The van der Waals surface area contributed by atoms with Crippen molar-refractivity contribution in [3.05, 3.63) is 17.0 Å². The van der Waals surface area contributed by atoms with E-state index in [0.717, 1.165) is 4.88 Å². The molecule has 4 heteroatoms. The molecule has 0 saturated carbocycles. The molecule has 1 aromatic heterocycles. The van der Waals surface area contributed by atoms with E-state index >= 15 is 0 Å². The first-order valence-corrected chi connectivity index (χ1v) is 3.31. The second-order valence-corrected chi connectivity index (χ2v) is 2.83. The third-order valence-corrected chi connectivity index (χ3v) is 1.77. The van der Waals surface area contributed by atoms with Crippen molar-refractivity contribution in [2.45, 2.75) is 6.92 Å². The van der Waals surface area contributed by atoms with Gasteiger partial charge in [-0.25, -0.2) is 0 Å². The van der Waals surface area contributed by atoms with E-state index in [1.807, 2.05) is 13.0 Å². The van der Waals surface area contributed by atoms with E-state index in [1.54, 1.807) is 6.07 Å². The molecule has 0 N–H and O–H groups in total. The number of aryl methyl sites for hydroxylation is 1. The Morgan fingerprint density at radius 2 is 2.40 bits per heavy atom. The van der Waals surface area contributed by atoms with Gasteiger partial charge in [-0.1, -0.05) is 0 Å². The Kier molecular flexibility index (Phi) is 4.46. The van der Waals surface area contributed by atoms with Crippen LogP contribution >= 0.6 is 11.3 Å². The van der Waals surface area contributed by atoms with Crippen molar-refractivity contribution < 1.29 is 29.8 Å². The van der Waals surface area contributed by atoms with Crippen molar-refractivity contribution in [1.82, 2.24) is 0 Å². The summed E-state index contributed by atoms with van der Waals surface area (Å²) in [7, 11) is 0. The summed E-state index contributed by atoms with van der Waals surface area (Å²) in [6.45, 7) is 2.40. The SMILES string of the molecule is Cc1ccc(OC=O)s1.[H-].[Li+]. The van der Waals surface area contributed by atoms with Gasteiger partial charge in [0.25, 0.3) is 6.47 Å². The normalized spacial score (nSPS) is 8.10. The summed E-state index contributed by atoms with van der Waals surface area (Å²) in [6, 6.07) is 3.68. The molecular weight excluding hydrogens is 143 g/mol. The Bertz CT molecular complexity index is 214. The molecule has 0 saturated heterocycles. The second-order valence-electron chi connectivity index (χ2n) is 1.58. The van der Waals surface area contributed by atoms with Crippen LogP contribution in [-0.4, -0.2) is 6.47 Å². The van der Waals surface area contributed by atoms with Gasteiger partial charge in [0.1, 0.15) is 0 Å². The van der Waals surface area contributed by atoms with Gasteiger partial charge in [0.2, 0.25) is 0 Å². The Balaban J connectivity index is 0. The average Bonchev–Trinajstić information content (AvgIpc) is 2.17. The number of carbonyl (C=O) groups excluding carboxylic acids is 1. The number of thiophene rings is 1. The van der Waals surface area contributed by atoms with Crippen LogP contribution in [0.1, 0.15) is 6.30 Å². The molecule has 0 amide bonds. The average molecular weight is 150 g/mol. The van der Waals surface area contributed by atoms with Crippen LogP contribution in [0.2, 0.25) is 0 Å². The smallest absolute Gasteiger partial charge is 1.00 e. The number of rotatable bonds is 2.